The zero-order valence-electron chi connectivity index (χ0n) is 9.38. The predicted molar refractivity (Wildman–Crippen MR) is 62.6 cm³/mol. The van der Waals surface area contributed by atoms with Crippen LogP contribution in [0.15, 0.2) is 22.7 Å². The fourth-order valence-corrected chi connectivity index (χ4v) is 2.51. The van der Waals surface area contributed by atoms with Crippen molar-refractivity contribution in [2.75, 3.05) is 7.11 Å². The lowest BCUT2D eigenvalue weighted by atomic mass is 9.84. The second kappa shape index (κ2) is 4.42. The van der Waals surface area contributed by atoms with Crippen LogP contribution in [0.25, 0.3) is 0 Å². The molecule has 2 rings (SSSR count). The largest absolute Gasteiger partial charge is 0.468 e. The third-order valence-electron chi connectivity index (χ3n) is 3.11. The minimum Gasteiger partial charge on any atom is -0.468 e. The Balaban J connectivity index is 2.57. The van der Waals surface area contributed by atoms with Gasteiger partial charge in [-0.1, -0.05) is 22.0 Å². The highest BCUT2D eigenvalue weighted by atomic mass is 79.9. The summed E-state index contributed by atoms with van der Waals surface area (Å²) in [7, 11) is 0.999. The average molecular weight is 319 g/mol. The van der Waals surface area contributed by atoms with Crippen molar-refractivity contribution >= 4 is 27.7 Å². The molecule has 1 aromatic rings. The summed E-state index contributed by atoms with van der Waals surface area (Å²) in [4.78, 5) is 23.7. The van der Waals surface area contributed by atoms with Gasteiger partial charge in [0.1, 0.15) is 0 Å². The highest BCUT2D eigenvalue weighted by Crippen LogP contribution is 2.43. The molecule has 1 unspecified atom stereocenters. The van der Waals surface area contributed by atoms with Crippen molar-refractivity contribution in [1.29, 1.82) is 0 Å². The second-order valence-electron chi connectivity index (χ2n) is 4.07. The highest BCUT2D eigenvalue weighted by Gasteiger charge is 2.59. The summed E-state index contributed by atoms with van der Waals surface area (Å²) in [5.41, 5.74) is -1.80. The molecule has 1 atom stereocenters. The van der Waals surface area contributed by atoms with E-state index in [1.165, 1.54) is 6.07 Å². The number of Topliss-reactive ketones (excluding diaryl/α,β-unsaturated/α-hetero) is 1. The van der Waals surface area contributed by atoms with E-state index in [9.17, 15) is 18.4 Å². The predicted octanol–water partition coefficient (Wildman–Crippen LogP) is 2.61. The third kappa shape index (κ3) is 1.67. The molecular formula is C12H9BrF2O3. The molecule has 0 amide bonds. The Labute approximate surface area is 110 Å². The van der Waals surface area contributed by atoms with E-state index in [-0.39, 0.29) is 12.0 Å². The summed E-state index contributed by atoms with van der Waals surface area (Å²) >= 11 is 3.17. The molecule has 3 nitrogen and oxygen atoms in total. The van der Waals surface area contributed by atoms with Gasteiger partial charge < -0.3 is 4.74 Å². The second-order valence-corrected chi connectivity index (χ2v) is 4.99. The Hall–Kier alpha value is -1.30. The quantitative estimate of drug-likeness (QED) is 0.622. The fourth-order valence-electron chi connectivity index (χ4n) is 2.15. The van der Waals surface area contributed by atoms with Crippen molar-refractivity contribution in [3.05, 3.63) is 33.8 Å². The van der Waals surface area contributed by atoms with Gasteiger partial charge in [0.05, 0.1) is 7.11 Å². The number of benzene rings is 1. The first kappa shape index (κ1) is 13.1. The minimum atomic E-state index is -3.09. The molecule has 0 bridgehead atoms. The molecule has 0 aliphatic heterocycles. The molecule has 1 aliphatic carbocycles. The molecule has 0 N–H and O–H groups in total. The lowest BCUT2D eigenvalue weighted by molar-refractivity contribution is -0.157. The summed E-state index contributed by atoms with van der Waals surface area (Å²) in [5.74, 6) is -2.06. The van der Waals surface area contributed by atoms with Gasteiger partial charge in [0.2, 0.25) is 0 Å². The van der Waals surface area contributed by atoms with Gasteiger partial charge in [0.25, 0.3) is 6.43 Å². The summed E-state index contributed by atoms with van der Waals surface area (Å²) < 4.78 is 31.4. The van der Waals surface area contributed by atoms with E-state index in [2.05, 4.69) is 20.7 Å². The van der Waals surface area contributed by atoms with E-state index in [1.807, 2.05) is 0 Å². The van der Waals surface area contributed by atoms with Crippen LogP contribution in [0, 0.1) is 5.41 Å². The maximum Gasteiger partial charge on any atom is 0.326 e. The van der Waals surface area contributed by atoms with Crippen molar-refractivity contribution in [2.24, 2.45) is 5.41 Å². The molecule has 1 aliphatic rings. The molecule has 96 valence electrons. The first-order chi connectivity index (χ1) is 8.43. The van der Waals surface area contributed by atoms with Gasteiger partial charge >= 0.3 is 5.97 Å². The average Bonchev–Trinajstić information content (AvgIpc) is 2.63. The van der Waals surface area contributed by atoms with Crippen LogP contribution in [0.2, 0.25) is 0 Å². The van der Waals surface area contributed by atoms with Crippen LogP contribution in [0.5, 0.6) is 0 Å². The van der Waals surface area contributed by atoms with E-state index in [1.54, 1.807) is 12.1 Å². The number of hydrogen-bond acceptors (Lipinski definition) is 3. The summed E-state index contributed by atoms with van der Waals surface area (Å²) in [5, 5.41) is 0. The molecule has 0 saturated carbocycles. The van der Waals surface area contributed by atoms with Crippen molar-refractivity contribution in [1.82, 2.24) is 0 Å². The van der Waals surface area contributed by atoms with Crippen LogP contribution >= 0.6 is 15.9 Å². The number of hydrogen-bond donors (Lipinski definition) is 0. The Morgan fingerprint density at radius 3 is 2.72 bits per heavy atom. The molecule has 0 radical (unpaired) electrons. The van der Waals surface area contributed by atoms with Gasteiger partial charge in [-0.15, -0.1) is 0 Å². The maximum absolute atomic E-state index is 13.2. The number of esters is 1. The number of rotatable bonds is 2. The lowest BCUT2D eigenvalue weighted by Gasteiger charge is -2.22. The first-order valence-electron chi connectivity index (χ1n) is 5.13. The topological polar surface area (TPSA) is 43.4 Å². The number of carbonyl (C=O) groups excluding carboxylic acids is 2. The van der Waals surface area contributed by atoms with Crippen LogP contribution in [0.4, 0.5) is 8.78 Å². The van der Waals surface area contributed by atoms with E-state index < -0.39 is 23.6 Å². The Morgan fingerprint density at radius 1 is 1.50 bits per heavy atom. The van der Waals surface area contributed by atoms with Crippen LogP contribution < -0.4 is 0 Å². The molecule has 0 spiro atoms. The minimum absolute atomic E-state index is 0.148. The van der Waals surface area contributed by atoms with Crippen LogP contribution in [-0.4, -0.2) is 25.3 Å². The number of alkyl halides is 2. The van der Waals surface area contributed by atoms with Gasteiger partial charge in [-0.05, 0) is 17.7 Å². The van der Waals surface area contributed by atoms with Crippen LogP contribution in [0.3, 0.4) is 0 Å². The number of carbonyl (C=O) groups is 2. The van der Waals surface area contributed by atoms with Gasteiger partial charge in [-0.25, -0.2) is 8.78 Å². The molecule has 0 saturated heterocycles. The SMILES string of the molecule is COC(=O)C1(C(F)F)Cc2ccc(Br)cc2C1=O. The fraction of sp³-hybridized carbons (Fsp3) is 0.333. The first-order valence-corrected chi connectivity index (χ1v) is 5.92. The van der Waals surface area contributed by atoms with Crippen molar-refractivity contribution < 1.29 is 23.1 Å². The Bertz CT molecular complexity index is 530. The molecule has 0 fully saturated rings. The maximum atomic E-state index is 13.2. The van der Waals surface area contributed by atoms with E-state index in [4.69, 9.17) is 0 Å². The monoisotopic (exact) mass is 318 g/mol. The number of ether oxygens (including phenoxy) is 1. The molecule has 0 aromatic heterocycles. The van der Waals surface area contributed by atoms with Crippen molar-refractivity contribution in [3.63, 3.8) is 0 Å². The summed E-state index contributed by atoms with van der Waals surface area (Å²) in [6.45, 7) is 0. The Morgan fingerprint density at radius 2 is 2.17 bits per heavy atom. The number of halogens is 3. The van der Waals surface area contributed by atoms with Gasteiger partial charge in [-0.3, -0.25) is 9.59 Å². The number of methoxy groups -OCH3 is 1. The zero-order chi connectivity index (χ0) is 13.5. The normalized spacial score (nSPS) is 22.2. The zero-order valence-corrected chi connectivity index (χ0v) is 11.0. The van der Waals surface area contributed by atoms with Gasteiger partial charge in [0, 0.05) is 16.5 Å². The molecule has 18 heavy (non-hydrogen) atoms. The number of ketones is 1. The Kier molecular flexibility index (Phi) is 3.23. The third-order valence-corrected chi connectivity index (χ3v) is 3.61. The highest BCUT2D eigenvalue weighted by molar-refractivity contribution is 9.10. The van der Waals surface area contributed by atoms with Crippen molar-refractivity contribution in [2.45, 2.75) is 12.8 Å². The van der Waals surface area contributed by atoms with E-state index in [0.717, 1.165) is 7.11 Å². The lowest BCUT2D eigenvalue weighted by Crippen LogP contribution is -2.44. The van der Waals surface area contributed by atoms with Crippen molar-refractivity contribution in [3.8, 4) is 0 Å². The molecular weight excluding hydrogens is 310 g/mol. The number of fused-ring (bicyclic) bond motifs is 1. The molecule has 6 heteroatoms. The van der Waals surface area contributed by atoms with Gasteiger partial charge in [0.15, 0.2) is 11.2 Å². The van der Waals surface area contributed by atoms with E-state index >= 15 is 0 Å². The summed E-state index contributed by atoms with van der Waals surface area (Å²) in [6, 6.07) is 4.65. The molecule has 1 aromatic carbocycles. The smallest absolute Gasteiger partial charge is 0.326 e. The van der Waals surface area contributed by atoms with Crippen LogP contribution in [0.1, 0.15) is 15.9 Å². The standard InChI is InChI=1S/C12H9BrF2O3/c1-18-11(17)12(10(14)15)5-6-2-3-7(13)4-8(6)9(12)16/h2-4,10H,5H2,1H3. The van der Waals surface area contributed by atoms with Gasteiger partial charge in [-0.2, -0.15) is 0 Å². The van der Waals surface area contributed by atoms with Crippen LogP contribution in [-0.2, 0) is 16.0 Å². The summed E-state index contributed by atoms with van der Waals surface area (Å²) in [6.07, 6.45) is -3.41. The molecule has 0 heterocycles. The van der Waals surface area contributed by atoms with E-state index in [0.29, 0.717) is 10.0 Å².